The Morgan fingerprint density at radius 3 is 2.65 bits per heavy atom. The Hall–Kier alpha value is -1.30. The zero-order valence-electron chi connectivity index (χ0n) is 10.2. The van der Waals surface area contributed by atoms with E-state index in [4.69, 9.17) is 5.11 Å². The number of carbonyl (C=O) groups excluding carboxylic acids is 1. The van der Waals surface area contributed by atoms with Crippen LogP contribution < -0.4 is 10.6 Å². The first-order valence-corrected chi connectivity index (χ1v) is 6.03. The molecule has 6 heteroatoms. The van der Waals surface area contributed by atoms with E-state index in [1.807, 2.05) is 0 Å². The largest absolute Gasteiger partial charge is 0.481 e. The van der Waals surface area contributed by atoms with Gasteiger partial charge in [0.05, 0.1) is 0 Å². The number of carbonyl (C=O) groups is 2. The average molecular weight is 243 g/mol. The normalized spacial score (nSPS) is 16.5. The lowest BCUT2D eigenvalue weighted by Crippen LogP contribution is -2.47. The highest BCUT2D eigenvalue weighted by Crippen LogP contribution is 2.03. The molecule has 2 amide bonds. The molecule has 6 nitrogen and oxygen atoms in total. The molecule has 0 aromatic rings. The number of amides is 2. The maximum Gasteiger partial charge on any atom is 0.317 e. The van der Waals surface area contributed by atoms with E-state index in [1.165, 1.54) is 0 Å². The SMILES string of the molecule is CN(CCCC(=O)O)C(=O)NC1CCNCC1. The summed E-state index contributed by atoms with van der Waals surface area (Å²) >= 11 is 0. The second-order valence-corrected chi connectivity index (χ2v) is 4.39. The van der Waals surface area contributed by atoms with E-state index in [9.17, 15) is 9.59 Å². The Labute approximate surface area is 101 Å². The molecule has 0 bridgehead atoms. The topological polar surface area (TPSA) is 81.7 Å². The lowest BCUT2D eigenvalue weighted by molar-refractivity contribution is -0.137. The first-order valence-electron chi connectivity index (χ1n) is 6.03. The van der Waals surface area contributed by atoms with E-state index in [0.717, 1.165) is 25.9 Å². The molecule has 1 rings (SSSR count). The summed E-state index contributed by atoms with van der Waals surface area (Å²) in [5, 5.41) is 14.7. The highest BCUT2D eigenvalue weighted by Gasteiger charge is 2.17. The van der Waals surface area contributed by atoms with Gasteiger partial charge in [0.1, 0.15) is 0 Å². The smallest absolute Gasteiger partial charge is 0.317 e. The summed E-state index contributed by atoms with van der Waals surface area (Å²) in [6.45, 7) is 2.35. The predicted molar refractivity (Wildman–Crippen MR) is 63.9 cm³/mol. The van der Waals surface area contributed by atoms with E-state index in [1.54, 1.807) is 11.9 Å². The lowest BCUT2D eigenvalue weighted by Gasteiger charge is -2.26. The van der Waals surface area contributed by atoms with Crippen molar-refractivity contribution in [2.24, 2.45) is 0 Å². The minimum absolute atomic E-state index is 0.102. The number of piperidine rings is 1. The molecule has 0 aromatic heterocycles. The van der Waals surface area contributed by atoms with Crippen molar-refractivity contribution in [2.75, 3.05) is 26.7 Å². The molecule has 17 heavy (non-hydrogen) atoms. The second-order valence-electron chi connectivity index (χ2n) is 4.39. The van der Waals surface area contributed by atoms with Gasteiger partial charge in [-0.3, -0.25) is 4.79 Å². The quantitative estimate of drug-likeness (QED) is 0.646. The summed E-state index contributed by atoms with van der Waals surface area (Å²) in [6, 6.07) is 0.132. The minimum Gasteiger partial charge on any atom is -0.481 e. The molecular formula is C11H21N3O3. The molecule has 1 saturated heterocycles. The number of carboxylic acids is 1. The van der Waals surface area contributed by atoms with E-state index >= 15 is 0 Å². The lowest BCUT2D eigenvalue weighted by atomic mass is 10.1. The molecule has 1 aliphatic rings. The molecule has 0 aromatic carbocycles. The number of aliphatic carboxylic acids is 1. The van der Waals surface area contributed by atoms with Crippen molar-refractivity contribution in [3.8, 4) is 0 Å². The fourth-order valence-corrected chi connectivity index (χ4v) is 1.82. The van der Waals surface area contributed by atoms with Crippen LogP contribution in [0, 0.1) is 0 Å². The molecule has 0 spiro atoms. The number of nitrogens with zero attached hydrogens (tertiary/aromatic N) is 1. The van der Waals surface area contributed by atoms with Crippen molar-refractivity contribution >= 4 is 12.0 Å². The Bertz CT molecular complexity index is 265. The number of hydrogen-bond donors (Lipinski definition) is 3. The van der Waals surface area contributed by atoms with Crippen LogP contribution >= 0.6 is 0 Å². The Balaban J connectivity index is 2.18. The van der Waals surface area contributed by atoms with Crippen LogP contribution in [0.4, 0.5) is 4.79 Å². The summed E-state index contributed by atoms with van der Waals surface area (Å²) in [7, 11) is 1.69. The summed E-state index contributed by atoms with van der Waals surface area (Å²) in [5.74, 6) is -0.822. The third-order valence-electron chi connectivity index (χ3n) is 2.90. The summed E-state index contributed by atoms with van der Waals surface area (Å²) in [5.41, 5.74) is 0. The molecule has 1 aliphatic heterocycles. The van der Waals surface area contributed by atoms with Gasteiger partial charge in [0.15, 0.2) is 0 Å². The van der Waals surface area contributed by atoms with Gasteiger partial charge in [-0.1, -0.05) is 0 Å². The highest BCUT2D eigenvalue weighted by molar-refractivity contribution is 5.74. The third-order valence-corrected chi connectivity index (χ3v) is 2.90. The summed E-state index contributed by atoms with van der Waals surface area (Å²) in [6.07, 6.45) is 2.50. The van der Waals surface area contributed by atoms with Crippen LogP contribution in [0.1, 0.15) is 25.7 Å². The zero-order valence-corrected chi connectivity index (χ0v) is 10.2. The first kappa shape index (κ1) is 13.8. The summed E-state index contributed by atoms with van der Waals surface area (Å²) < 4.78 is 0. The number of carboxylic acid groups (broad SMARTS) is 1. The summed E-state index contributed by atoms with van der Waals surface area (Å²) in [4.78, 5) is 23.6. The predicted octanol–water partition coefficient (Wildman–Crippen LogP) is 0.245. The maximum atomic E-state index is 11.7. The minimum atomic E-state index is -0.822. The van der Waals surface area contributed by atoms with Crippen LogP contribution in [0.3, 0.4) is 0 Å². The molecule has 0 aliphatic carbocycles. The van der Waals surface area contributed by atoms with Crippen molar-refractivity contribution in [1.29, 1.82) is 0 Å². The molecule has 3 N–H and O–H groups in total. The van der Waals surface area contributed by atoms with E-state index in [-0.39, 0.29) is 18.5 Å². The van der Waals surface area contributed by atoms with Crippen LogP contribution in [0.15, 0.2) is 0 Å². The fourth-order valence-electron chi connectivity index (χ4n) is 1.82. The number of nitrogens with one attached hydrogen (secondary N) is 2. The van der Waals surface area contributed by atoms with Crippen molar-refractivity contribution in [2.45, 2.75) is 31.7 Å². The fraction of sp³-hybridized carbons (Fsp3) is 0.818. The molecular weight excluding hydrogens is 222 g/mol. The average Bonchev–Trinajstić information content (AvgIpc) is 2.29. The Morgan fingerprint density at radius 1 is 1.41 bits per heavy atom. The van der Waals surface area contributed by atoms with Gasteiger partial charge in [-0.2, -0.15) is 0 Å². The molecule has 0 unspecified atom stereocenters. The van der Waals surface area contributed by atoms with Crippen molar-refractivity contribution < 1.29 is 14.7 Å². The van der Waals surface area contributed by atoms with Crippen LogP contribution in [-0.4, -0.2) is 54.7 Å². The van der Waals surface area contributed by atoms with Crippen molar-refractivity contribution in [1.82, 2.24) is 15.5 Å². The van der Waals surface area contributed by atoms with Gasteiger partial charge < -0.3 is 20.6 Å². The molecule has 0 saturated carbocycles. The third kappa shape index (κ3) is 5.53. The van der Waals surface area contributed by atoms with Crippen LogP contribution in [-0.2, 0) is 4.79 Å². The van der Waals surface area contributed by atoms with Gasteiger partial charge in [-0.25, -0.2) is 4.79 Å². The molecule has 1 fully saturated rings. The van der Waals surface area contributed by atoms with Gasteiger partial charge in [0, 0.05) is 26.1 Å². The number of urea groups is 1. The first-order chi connectivity index (χ1) is 8.09. The van der Waals surface area contributed by atoms with Gasteiger partial charge >= 0.3 is 12.0 Å². The molecule has 98 valence electrons. The number of rotatable bonds is 5. The van der Waals surface area contributed by atoms with Crippen LogP contribution in [0.2, 0.25) is 0 Å². The Kier molecular flexibility index (Phi) is 5.76. The monoisotopic (exact) mass is 243 g/mol. The zero-order chi connectivity index (χ0) is 12.7. The van der Waals surface area contributed by atoms with Crippen LogP contribution in [0.25, 0.3) is 0 Å². The van der Waals surface area contributed by atoms with Gasteiger partial charge in [0.2, 0.25) is 0 Å². The van der Waals surface area contributed by atoms with E-state index in [0.29, 0.717) is 13.0 Å². The van der Waals surface area contributed by atoms with Crippen molar-refractivity contribution in [3.63, 3.8) is 0 Å². The Morgan fingerprint density at radius 2 is 2.06 bits per heavy atom. The molecule has 0 atom stereocenters. The number of hydrogen-bond acceptors (Lipinski definition) is 3. The highest BCUT2D eigenvalue weighted by atomic mass is 16.4. The van der Waals surface area contributed by atoms with Gasteiger partial charge in [-0.05, 0) is 32.4 Å². The van der Waals surface area contributed by atoms with E-state index < -0.39 is 5.97 Å². The molecule has 1 heterocycles. The van der Waals surface area contributed by atoms with Gasteiger partial charge in [-0.15, -0.1) is 0 Å². The standard InChI is InChI=1S/C11H21N3O3/c1-14(8-2-3-10(15)16)11(17)13-9-4-6-12-7-5-9/h9,12H,2-8H2,1H3,(H,13,17)(H,15,16). The second kappa shape index (κ2) is 7.11. The van der Waals surface area contributed by atoms with E-state index in [2.05, 4.69) is 10.6 Å². The van der Waals surface area contributed by atoms with Gasteiger partial charge in [0.25, 0.3) is 0 Å². The molecule has 0 radical (unpaired) electrons. The maximum absolute atomic E-state index is 11.7. The van der Waals surface area contributed by atoms with Crippen LogP contribution in [0.5, 0.6) is 0 Å². The van der Waals surface area contributed by atoms with Crippen molar-refractivity contribution in [3.05, 3.63) is 0 Å².